The van der Waals surface area contributed by atoms with Gasteiger partial charge in [0.1, 0.15) is 5.82 Å². The molecule has 0 fully saturated rings. The van der Waals surface area contributed by atoms with E-state index in [9.17, 15) is 4.39 Å². The third-order valence-corrected chi connectivity index (χ3v) is 3.49. The average molecular weight is 298 g/mol. The van der Waals surface area contributed by atoms with E-state index in [4.69, 9.17) is 23.2 Å². The van der Waals surface area contributed by atoms with Gasteiger partial charge >= 0.3 is 0 Å². The summed E-state index contributed by atoms with van der Waals surface area (Å²) in [5.74, 6) is -0.323. The smallest absolute Gasteiger partial charge is 0.124 e. The van der Waals surface area contributed by atoms with Crippen LogP contribution >= 0.6 is 23.2 Å². The minimum atomic E-state index is -0.323. The summed E-state index contributed by atoms with van der Waals surface area (Å²) in [6.07, 6.45) is 0. The first kappa shape index (κ1) is 14.3. The Hall–Kier alpha value is -1.09. The normalized spacial score (nSPS) is 12.4. The van der Waals surface area contributed by atoms with E-state index in [1.165, 1.54) is 12.1 Å². The Balaban J connectivity index is 2.03. The van der Waals surface area contributed by atoms with Crippen molar-refractivity contribution in [3.8, 4) is 0 Å². The van der Waals surface area contributed by atoms with Crippen molar-refractivity contribution in [3.05, 3.63) is 69.5 Å². The summed E-state index contributed by atoms with van der Waals surface area (Å²) in [4.78, 5) is 0. The molecule has 1 unspecified atom stereocenters. The largest absolute Gasteiger partial charge is 0.306 e. The number of rotatable bonds is 4. The van der Waals surface area contributed by atoms with Gasteiger partial charge in [0.2, 0.25) is 0 Å². The van der Waals surface area contributed by atoms with Crippen LogP contribution in [0.5, 0.6) is 0 Å². The number of benzene rings is 2. The fourth-order valence-electron chi connectivity index (χ4n) is 1.88. The Bertz CT molecular complexity index is 572. The molecule has 0 amide bonds. The van der Waals surface area contributed by atoms with Crippen LogP contribution in [0.25, 0.3) is 0 Å². The highest BCUT2D eigenvalue weighted by Crippen LogP contribution is 2.24. The molecule has 0 aromatic heterocycles. The minimum absolute atomic E-state index is 0.0343. The van der Waals surface area contributed by atoms with E-state index >= 15 is 0 Å². The summed E-state index contributed by atoms with van der Waals surface area (Å²) in [6.45, 7) is 2.67. The Kier molecular flexibility index (Phi) is 4.81. The van der Waals surface area contributed by atoms with Crippen molar-refractivity contribution >= 4 is 23.2 Å². The van der Waals surface area contributed by atoms with E-state index in [1.807, 2.05) is 31.2 Å². The molecular formula is C15H14Cl2FN. The van der Waals surface area contributed by atoms with Gasteiger partial charge in [-0.15, -0.1) is 0 Å². The predicted octanol–water partition coefficient (Wildman–Crippen LogP) is 4.98. The standard InChI is InChI=1S/C15H14Cl2FN/c1-10(14-6-5-13(18)8-15(14)17)19-9-11-3-2-4-12(16)7-11/h2-8,10,19H,9H2,1H3. The summed E-state index contributed by atoms with van der Waals surface area (Å²) in [6, 6.07) is 12.1. The fraction of sp³-hybridized carbons (Fsp3) is 0.200. The van der Waals surface area contributed by atoms with Crippen molar-refractivity contribution in [2.45, 2.75) is 19.5 Å². The van der Waals surface area contributed by atoms with Crippen molar-refractivity contribution in [2.75, 3.05) is 0 Å². The molecule has 19 heavy (non-hydrogen) atoms. The molecule has 1 atom stereocenters. The van der Waals surface area contributed by atoms with E-state index in [0.29, 0.717) is 16.6 Å². The van der Waals surface area contributed by atoms with Gasteiger partial charge in [-0.05, 0) is 42.3 Å². The first-order valence-corrected chi connectivity index (χ1v) is 6.74. The second-order valence-electron chi connectivity index (χ2n) is 4.40. The van der Waals surface area contributed by atoms with Gasteiger partial charge in [0, 0.05) is 22.6 Å². The molecule has 0 heterocycles. The van der Waals surface area contributed by atoms with E-state index in [1.54, 1.807) is 6.07 Å². The first-order valence-electron chi connectivity index (χ1n) is 5.99. The highest BCUT2D eigenvalue weighted by atomic mass is 35.5. The molecule has 0 saturated heterocycles. The van der Waals surface area contributed by atoms with Gasteiger partial charge in [-0.2, -0.15) is 0 Å². The predicted molar refractivity (Wildman–Crippen MR) is 78.1 cm³/mol. The molecule has 2 aromatic carbocycles. The first-order chi connectivity index (χ1) is 9.06. The molecule has 0 bridgehead atoms. The summed E-state index contributed by atoms with van der Waals surface area (Å²) >= 11 is 12.0. The minimum Gasteiger partial charge on any atom is -0.306 e. The van der Waals surface area contributed by atoms with E-state index in [0.717, 1.165) is 11.1 Å². The third kappa shape index (κ3) is 3.93. The van der Waals surface area contributed by atoms with Crippen LogP contribution < -0.4 is 5.32 Å². The van der Waals surface area contributed by atoms with Crippen molar-refractivity contribution < 1.29 is 4.39 Å². The maximum atomic E-state index is 13.0. The number of hydrogen-bond donors (Lipinski definition) is 1. The molecule has 0 spiro atoms. The van der Waals surface area contributed by atoms with Crippen molar-refractivity contribution in [1.29, 1.82) is 0 Å². The molecule has 1 N–H and O–H groups in total. The summed E-state index contributed by atoms with van der Waals surface area (Å²) in [5, 5.41) is 4.49. The van der Waals surface area contributed by atoms with Crippen LogP contribution in [-0.2, 0) is 6.54 Å². The maximum Gasteiger partial charge on any atom is 0.124 e. The van der Waals surface area contributed by atoms with Gasteiger partial charge in [0.15, 0.2) is 0 Å². The van der Waals surface area contributed by atoms with Crippen molar-refractivity contribution in [1.82, 2.24) is 5.32 Å². The molecule has 0 radical (unpaired) electrons. The van der Waals surface area contributed by atoms with Crippen LogP contribution in [0.3, 0.4) is 0 Å². The van der Waals surface area contributed by atoms with E-state index in [2.05, 4.69) is 5.32 Å². The monoisotopic (exact) mass is 297 g/mol. The molecule has 0 aliphatic rings. The zero-order valence-electron chi connectivity index (χ0n) is 10.5. The van der Waals surface area contributed by atoms with Crippen LogP contribution in [0, 0.1) is 5.82 Å². The SMILES string of the molecule is CC(NCc1cccc(Cl)c1)c1ccc(F)cc1Cl. The zero-order valence-corrected chi connectivity index (χ0v) is 12.0. The van der Waals surface area contributed by atoms with Gasteiger partial charge in [0.25, 0.3) is 0 Å². The van der Waals surface area contributed by atoms with Gasteiger partial charge in [-0.1, -0.05) is 41.4 Å². The van der Waals surface area contributed by atoms with E-state index in [-0.39, 0.29) is 11.9 Å². The van der Waals surface area contributed by atoms with Crippen molar-refractivity contribution in [3.63, 3.8) is 0 Å². The average Bonchev–Trinajstić information content (AvgIpc) is 2.36. The fourth-order valence-corrected chi connectivity index (χ4v) is 2.42. The molecule has 4 heteroatoms. The zero-order chi connectivity index (χ0) is 13.8. The Morgan fingerprint density at radius 3 is 2.63 bits per heavy atom. The molecular weight excluding hydrogens is 284 g/mol. The number of halogens is 3. The van der Waals surface area contributed by atoms with Crippen LogP contribution in [0.15, 0.2) is 42.5 Å². The Morgan fingerprint density at radius 2 is 1.95 bits per heavy atom. The maximum absolute atomic E-state index is 13.0. The number of nitrogens with one attached hydrogen (secondary N) is 1. The highest BCUT2D eigenvalue weighted by molar-refractivity contribution is 6.31. The molecule has 100 valence electrons. The summed E-state index contributed by atoms with van der Waals surface area (Å²) in [7, 11) is 0. The Labute approximate surface area is 122 Å². The highest BCUT2D eigenvalue weighted by Gasteiger charge is 2.10. The summed E-state index contributed by atoms with van der Waals surface area (Å²) in [5.41, 5.74) is 1.97. The molecule has 0 aliphatic carbocycles. The second-order valence-corrected chi connectivity index (χ2v) is 5.24. The van der Waals surface area contributed by atoms with Crippen LogP contribution in [-0.4, -0.2) is 0 Å². The lowest BCUT2D eigenvalue weighted by Crippen LogP contribution is -2.18. The van der Waals surface area contributed by atoms with E-state index < -0.39 is 0 Å². The summed E-state index contributed by atoms with van der Waals surface area (Å²) < 4.78 is 13.0. The van der Waals surface area contributed by atoms with Crippen LogP contribution in [0.4, 0.5) is 4.39 Å². The van der Waals surface area contributed by atoms with Crippen LogP contribution in [0.1, 0.15) is 24.1 Å². The lowest BCUT2D eigenvalue weighted by atomic mass is 10.1. The topological polar surface area (TPSA) is 12.0 Å². The Morgan fingerprint density at radius 1 is 1.16 bits per heavy atom. The molecule has 2 rings (SSSR count). The van der Waals surface area contributed by atoms with Crippen LogP contribution in [0.2, 0.25) is 10.0 Å². The molecule has 2 aromatic rings. The van der Waals surface area contributed by atoms with Crippen molar-refractivity contribution in [2.24, 2.45) is 0 Å². The molecule has 0 aliphatic heterocycles. The van der Waals surface area contributed by atoms with Gasteiger partial charge in [0.05, 0.1) is 0 Å². The second kappa shape index (κ2) is 6.38. The van der Waals surface area contributed by atoms with Gasteiger partial charge < -0.3 is 5.32 Å². The third-order valence-electron chi connectivity index (χ3n) is 2.93. The lowest BCUT2D eigenvalue weighted by Gasteiger charge is -2.16. The van der Waals surface area contributed by atoms with Gasteiger partial charge in [-0.25, -0.2) is 4.39 Å². The lowest BCUT2D eigenvalue weighted by molar-refractivity contribution is 0.571. The quantitative estimate of drug-likeness (QED) is 0.839. The number of hydrogen-bond acceptors (Lipinski definition) is 1. The molecule has 0 saturated carbocycles. The molecule has 1 nitrogen and oxygen atoms in total. The van der Waals surface area contributed by atoms with Gasteiger partial charge in [-0.3, -0.25) is 0 Å².